The molecule has 4 heterocycles. The van der Waals surface area contributed by atoms with Crippen LogP contribution in [-0.4, -0.2) is 34.2 Å². The number of carboxylic acid groups (broad SMARTS) is 1. The minimum absolute atomic E-state index is 0.0890. The van der Waals surface area contributed by atoms with Crippen LogP contribution in [-0.2, 0) is 36.9 Å². The number of ether oxygens (including phenoxy) is 1. The molecule has 0 bridgehead atoms. The van der Waals surface area contributed by atoms with Crippen molar-refractivity contribution in [3.8, 4) is 5.75 Å². The zero-order chi connectivity index (χ0) is 22.6. The summed E-state index contributed by atoms with van der Waals surface area (Å²) in [6.07, 6.45) is 6.76. The largest absolute Gasteiger partial charge is 0.493 e. The van der Waals surface area contributed by atoms with E-state index < -0.39 is 5.97 Å². The molecule has 2 aliphatic rings. The van der Waals surface area contributed by atoms with E-state index in [1.807, 2.05) is 6.07 Å². The van der Waals surface area contributed by atoms with Crippen LogP contribution in [0.5, 0.6) is 5.75 Å². The lowest BCUT2D eigenvalue weighted by Crippen LogP contribution is -2.14. The van der Waals surface area contributed by atoms with Gasteiger partial charge in [0.05, 0.1) is 23.7 Å². The Balaban J connectivity index is 1.19. The quantitative estimate of drug-likeness (QED) is 0.474. The van der Waals surface area contributed by atoms with Crippen molar-refractivity contribution in [3.63, 3.8) is 0 Å². The summed E-state index contributed by atoms with van der Waals surface area (Å²) in [6.45, 7) is 1.71. The van der Waals surface area contributed by atoms with Gasteiger partial charge in [-0.3, -0.25) is 4.79 Å². The summed E-state index contributed by atoms with van der Waals surface area (Å²) in [6, 6.07) is 10.5. The van der Waals surface area contributed by atoms with Crippen LogP contribution >= 0.6 is 11.3 Å². The van der Waals surface area contributed by atoms with Crippen molar-refractivity contribution in [2.24, 2.45) is 0 Å². The molecule has 7 heteroatoms. The highest BCUT2D eigenvalue weighted by Gasteiger charge is 2.21. The van der Waals surface area contributed by atoms with Gasteiger partial charge in [0.2, 0.25) is 0 Å². The molecule has 0 spiro atoms. The van der Waals surface area contributed by atoms with Crippen LogP contribution in [0.2, 0.25) is 0 Å². The highest BCUT2D eigenvalue weighted by molar-refractivity contribution is 7.09. The summed E-state index contributed by atoms with van der Waals surface area (Å²) in [5.41, 5.74) is 5.74. The van der Waals surface area contributed by atoms with Gasteiger partial charge in [-0.2, -0.15) is 0 Å². The number of rotatable bonds is 9. The second kappa shape index (κ2) is 9.91. The summed E-state index contributed by atoms with van der Waals surface area (Å²) in [7, 11) is 0. The molecule has 1 unspecified atom stereocenters. The Morgan fingerprint density at radius 1 is 1.12 bits per heavy atom. The van der Waals surface area contributed by atoms with Crippen LogP contribution < -0.4 is 10.1 Å². The van der Waals surface area contributed by atoms with Crippen molar-refractivity contribution in [1.29, 1.82) is 0 Å². The average molecular weight is 464 g/mol. The molecule has 1 atom stereocenters. The molecule has 2 N–H and O–H groups in total. The monoisotopic (exact) mass is 463 g/mol. The van der Waals surface area contributed by atoms with Crippen molar-refractivity contribution in [2.45, 2.75) is 57.3 Å². The Labute approximate surface area is 198 Å². The lowest BCUT2D eigenvalue weighted by molar-refractivity contribution is -0.137. The van der Waals surface area contributed by atoms with E-state index in [-0.39, 0.29) is 12.3 Å². The van der Waals surface area contributed by atoms with Gasteiger partial charge in [0.1, 0.15) is 11.6 Å². The maximum absolute atomic E-state index is 11.5. The number of nitrogens with zero attached hydrogens (tertiary/aromatic N) is 2. The molecule has 0 saturated heterocycles. The third kappa shape index (κ3) is 5.36. The molecule has 0 amide bonds. The Morgan fingerprint density at radius 2 is 2.00 bits per heavy atom. The summed E-state index contributed by atoms with van der Waals surface area (Å²) >= 11 is 1.63. The highest BCUT2D eigenvalue weighted by atomic mass is 32.1. The van der Waals surface area contributed by atoms with Gasteiger partial charge >= 0.3 is 5.97 Å². The summed E-state index contributed by atoms with van der Waals surface area (Å²) in [5, 5.41) is 16.0. The molecular weight excluding hydrogens is 434 g/mol. The van der Waals surface area contributed by atoms with E-state index in [0.717, 1.165) is 72.2 Å². The molecule has 172 valence electrons. The number of carboxylic acids is 1. The fraction of sp³-hybridized carbons (Fsp3) is 0.423. The molecule has 6 nitrogen and oxygen atoms in total. The summed E-state index contributed by atoms with van der Waals surface area (Å²) in [5.74, 6) is 1.05. The highest BCUT2D eigenvalue weighted by Crippen LogP contribution is 2.33. The van der Waals surface area contributed by atoms with Crippen molar-refractivity contribution in [2.75, 3.05) is 18.5 Å². The predicted molar refractivity (Wildman–Crippen MR) is 130 cm³/mol. The Morgan fingerprint density at radius 3 is 2.91 bits per heavy atom. The van der Waals surface area contributed by atoms with E-state index in [0.29, 0.717) is 13.0 Å². The van der Waals surface area contributed by atoms with Gasteiger partial charge in [-0.25, -0.2) is 9.97 Å². The first-order valence-corrected chi connectivity index (χ1v) is 12.7. The summed E-state index contributed by atoms with van der Waals surface area (Å²) in [4.78, 5) is 21.1. The number of aliphatic carboxylic acids is 1. The van der Waals surface area contributed by atoms with E-state index in [4.69, 9.17) is 14.7 Å². The first kappa shape index (κ1) is 21.9. The zero-order valence-corrected chi connectivity index (χ0v) is 19.5. The van der Waals surface area contributed by atoms with E-state index >= 15 is 0 Å². The number of benzene rings is 1. The topological polar surface area (TPSA) is 84.3 Å². The number of hydrogen-bond acceptors (Lipinski definition) is 6. The number of hydrogen-bond donors (Lipinski definition) is 2. The number of thiazole rings is 1. The molecule has 0 aliphatic carbocycles. The minimum atomic E-state index is -0.787. The Hall–Kier alpha value is -2.93. The number of aromatic nitrogens is 2. The second-order valence-electron chi connectivity index (χ2n) is 8.89. The molecule has 2 aromatic heterocycles. The van der Waals surface area contributed by atoms with Crippen LogP contribution in [0.1, 0.15) is 58.3 Å². The number of pyridine rings is 1. The number of fused-ring (bicyclic) bond motifs is 2. The normalized spacial score (nSPS) is 15.3. The van der Waals surface area contributed by atoms with E-state index in [9.17, 15) is 9.90 Å². The van der Waals surface area contributed by atoms with Gasteiger partial charge in [0.15, 0.2) is 0 Å². The first-order chi connectivity index (χ1) is 16.1. The zero-order valence-electron chi connectivity index (χ0n) is 18.7. The standard InChI is InChI=1S/C26H29N3O3S/c30-25(31)15-20(19-7-6-17-10-12-32-23(17)13-19)14-24-28-22(16-33-24)5-1-4-21-9-8-18-3-2-11-27-26(18)29-21/h6-9,13,16,20H,1-5,10-12,14-15H2,(H,27,29)(H,30,31). The average Bonchev–Trinajstić information content (AvgIpc) is 3.47. The van der Waals surface area contributed by atoms with Gasteiger partial charge < -0.3 is 15.2 Å². The lowest BCUT2D eigenvalue weighted by atomic mass is 9.91. The molecule has 0 saturated carbocycles. The van der Waals surface area contributed by atoms with E-state index in [2.05, 4.69) is 35.0 Å². The van der Waals surface area contributed by atoms with Crippen molar-refractivity contribution in [3.05, 3.63) is 68.8 Å². The predicted octanol–water partition coefficient (Wildman–Crippen LogP) is 4.81. The number of anilines is 1. The Bertz CT molecular complexity index is 1140. The van der Waals surface area contributed by atoms with Gasteiger partial charge in [-0.05, 0) is 60.9 Å². The molecule has 0 fully saturated rings. The third-order valence-corrected chi connectivity index (χ3v) is 7.37. The van der Waals surface area contributed by atoms with Crippen molar-refractivity contribution < 1.29 is 14.6 Å². The van der Waals surface area contributed by atoms with E-state index in [1.54, 1.807) is 11.3 Å². The van der Waals surface area contributed by atoms with Gasteiger partial charge in [0.25, 0.3) is 0 Å². The van der Waals surface area contributed by atoms with Gasteiger partial charge in [-0.1, -0.05) is 18.2 Å². The third-order valence-electron chi connectivity index (χ3n) is 6.45. The fourth-order valence-corrected chi connectivity index (χ4v) is 5.59. The molecule has 5 rings (SSSR count). The van der Waals surface area contributed by atoms with Gasteiger partial charge in [0, 0.05) is 36.4 Å². The number of aryl methyl sites for hydroxylation is 3. The first-order valence-electron chi connectivity index (χ1n) is 11.8. The van der Waals surface area contributed by atoms with Gasteiger partial charge in [-0.15, -0.1) is 11.3 Å². The molecular formula is C26H29N3O3S. The maximum atomic E-state index is 11.5. The molecule has 2 aliphatic heterocycles. The smallest absolute Gasteiger partial charge is 0.303 e. The molecule has 33 heavy (non-hydrogen) atoms. The van der Waals surface area contributed by atoms with Crippen LogP contribution in [0.4, 0.5) is 5.82 Å². The minimum Gasteiger partial charge on any atom is -0.493 e. The van der Waals surface area contributed by atoms with Crippen LogP contribution in [0, 0.1) is 0 Å². The molecule has 1 aromatic carbocycles. The number of carbonyl (C=O) groups is 1. The maximum Gasteiger partial charge on any atom is 0.303 e. The fourth-order valence-electron chi connectivity index (χ4n) is 4.68. The van der Waals surface area contributed by atoms with Crippen LogP contribution in [0.15, 0.2) is 35.7 Å². The molecule has 0 radical (unpaired) electrons. The SMILES string of the molecule is O=C(O)CC(Cc1nc(CCCc2ccc3c(n2)NCCC3)cs1)c1ccc2c(c1)OCC2. The molecule has 3 aromatic rings. The van der Waals surface area contributed by atoms with E-state index in [1.165, 1.54) is 17.5 Å². The van der Waals surface area contributed by atoms with Crippen molar-refractivity contribution >= 4 is 23.1 Å². The van der Waals surface area contributed by atoms with Crippen LogP contribution in [0.25, 0.3) is 0 Å². The van der Waals surface area contributed by atoms with Crippen LogP contribution in [0.3, 0.4) is 0 Å². The van der Waals surface area contributed by atoms with Crippen molar-refractivity contribution in [1.82, 2.24) is 9.97 Å². The Kier molecular flexibility index (Phi) is 6.58. The second-order valence-corrected chi connectivity index (χ2v) is 9.83. The lowest BCUT2D eigenvalue weighted by Gasteiger charge is -2.17. The summed E-state index contributed by atoms with van der Waals surface area (Å²) < 4.78 is 5.69. The number of nitrogens with one attached hydrogen (secondary N) is 1.